The van der Waals surface area contributed by atoms with E-state index in [9.17, 15) is 4.79 Å². The van der Waals surface area contributed by atoms with E-state index in [1.54, 1.807) is 18.4 Å². The summed E-state index contributed by atoms with van der Waals surface area (Å²) in [7, 11) is 1.67. The molecule has 1 heterocycles. The van der Waals surface area contributed by atoms with E-state index in [1.807, 2.05) is 0 Å². The zero-order chi connectivity index (χ0) is 13.5. The van der Waals surface area contributed by atoms with Crippen molar-refractivity contribution in [3.63, 3.8) is 0 Å². The molecule has 0 bridgehead atoms. The Bertz CT molecular complexity index is 394. The highest BCUT2D eigenvalue weighted by Gasteiger charge is 2.15. The van der Waals surface area contributed by atoms with Gasteiger partial charge in [0, 0.05) is 38.0 Å². The monoisotopic (exact) mass is 282 g/mol. The number of rotatable bonds is 7. The molecule has 2 rings (SSSR count). The number of nitrogens with zero attached hydrogens (tertiary/aromatic N) is 1. The fraction of sp³-hybridized carbons (Fsp3) is 0.714. The number of aromatic nitrogens is 1. The van der Waals surface area contributed by atoms with Crippen molar-refractivity contribution in [3.05, 3.63) is 15.6 Å². The van der Waals surface area contributed by atoms with Crippen molar-refractivity contribution < 1.29 is 9.53 Å². The van der Waals surface area contributed by atoms with Crippen molar-refractivity contribution in [1.82, 2.24) is 10.3 Å². The van der Waals surface area contributed by atoms with Crippen molar-refractivity contribution in [2.75, 3.05) is 20.3 Å². The molecule has 1 N–H and O–H groups in total. The number of hydrogen-bond donors (Lipinski definition) is 1. The van der Waals surface area contributed by atoms with Gasteiger partial charge in [-0.05, 0) is 32.1 Å². The summed E-state index contributed by atoms with van der Waals surface area (Å²) < 4.78 is 4.94. The fourth-order valence-electron chi connectivity index (χ4n) is 2.27. The topological polar surface area (TPSA) is 51.2 Å². The van der Waals surface area contributed by atoms with Gasteiger partial charge in [0.05, 0.1) is 10.7 Å². The first-order chi connectivity index (χ1) is 9.29. The summed E-state index contributed by atoms with van der Waals surface area (Å²) >= 11 is 1.80. The Morgan fingerprint density at radius 1 is 1.42 bits per heavy atom. The van der Waals surface area contributed by atoms with Gasteiger partial charge in [-0.1, -0.05) is 0 Å². The van der Waals surface area contributed by atoms with Gasteiger partial charge in [-0.15, -0.1) is 11.3 Å². The van der Waals surface area contributed by atoms with E-state index >= 15 is 0 Å². The molecule has 19 heavy (non-hydrogen) atoms. The van der Waals surface area contributed by atoms with E-state index in [4.69, 9.17) is 4.74 Å². The smallest absolute Gasteiger partial charge is 0.220 e. The predicted octanol–water partition coefficient (Wildman–Crippen LogP) is 2.11. The van der Waals surface area contributed by atoms with Crippen LogP contribution >= 0.6 is 11.3 Å². The molecule has 0 unspecified atom stereocenters. The lowest BCUT2D eigenvalue weighted by atomic mass is 10.0. The zero-order valence-corrected chi connectivity index (χ0v) is 12.4. The van der Waals surface area contributed by atoms with E-state index in [-0.39, 0.29) is 5.91 Å². The molecule has 0 aliphatic heterocycles. The molecule has 1 aromatic rings. The third-order valence-electron chi connectivity index (χ3n) is 3.30. The number of ether oxygens (including phenoxy) is 1. The minimum Gasteiger partial charge on any atom is -0.385 e. The lowest BCUT2D eigenvalue weighted by molar-refractivity contribution is -0.121. The number of methoxy groups -OCH3 is 1. The van der Waals surface area contributed by atoms with E-state index in [0.717, 1.165) is 24.3 Å². The Hall–Kier alpha value is -0.940. The highest BCUT2D eigenvalue weighted by atomic mass is 32.1. The van der Waals surface area contributed by atoms with Gasteiger partial charge in [-0.2, -0.15) is 0 Å². The lowest BCUT2D eigenvalue weighted by Crippen LogP contribution is -2.25. The van der Waals surface area contributed by atoms with Crippen LogP contribution in [0.2, 0.25) is 0 Å². The molecule has 0 spiro atoms. The minimum absolute atomic E-state index is 0.115. The van der Waals surface area contributed by atoms with Gasteiger partial charge in [0.2, 0.25) is 5.91 Å². The molecule has 0 radical (unpaired) electrons. The standard InChI is InChI=1S/C14H22N2O2S/c1-18-10-4-9-15-13(17)7-8-14-16-11-5-2-3-6-12(11)19-14/h2-10H2,1H3,(H,15,17). The number of thiazole rings is 1. The molecule has 1 aromatic heterocycles. The molecule has 0 saturated carbocycles. The number of aryl methyl sites for hydroxylation is 3. The van der Waals surface area contributed by atoms with Crippen molar-refractivity contribution in [3.8, 4) is 0 Å². The number of carbonyl (C=O) groups is 1. The van der Waals surface area contributed by atoms with Crippen LogP contribution in [-0.2, 0) is 28.8 Å². The maximum atomic E-state index is 11.6. The first kappa shape index (κ1) is 14.5. The van der Waals surface area contributed by atoms with Crippen LogP contribution in [0.4, 0.5) is 0 Å². The second-order valence-corrected chi connectivity index (χ2v) is 6.05. The van der Waals surface area contributed by atoms with Crippen molar-refractivity contribution in [2.24, 2.45) is 0 Å². The van der Waals surface area contributed by atoms with Crippen LogP contribution in [-0.4, -0.2) is 31.2 Å². The largest absolute Gasteiger partial charge is 0.385 e. The van der Waals surface area contributed by atoms with Crippen molar-refractivity contribution >= 4 is 17.2 Å². The lowest BCUT2D eigenvalue weighted by Gasteiger charge is -2.06. The fourth-order valence-corrected chi connectivity index (χ4v) is 3.42. The average molecular weight is 282 g/mol. The molecule has 0 fully saturated rings. The maximum absolute atomic E-state index is 11.6. The van der Waals surface area contributed by atoms with Crippen molar-refractivity contribution in [2.45, 2.75) is 44.9 Å². The second-order valence-electron chi connectivity index (χ2n) is 4.88. The van der Waals surface area contributed by atoms with E-state index in [1.165, 1.54) is 29.8 Å². The Balaban J connectivity index is 1.70. The molecular weight excluding hydrogens is 260 g/mol. The summed E-state index contributed by atoms with van der Waals surface area (Å²) in [5, 5.41) is 4.03. The van der Waals surface area contributed by atoms with Crippen LogP contribution in [0.15, 0.2) is 0 Å². The molecule has 1 aliphatic rings. The summed E-state index contributed by atoms with van der Waals surface area (Å²) in [5.74, 6) is 0.115. The summed E-state index contributed by atoms with van der Waals surface area (Å²) in [4.78, 5) is 17.7. The van der Waals surface area contributed by atoms with Gasteiger partial charge >= 0.3 is 0 Å². The Morgan fingerprint density at radius 2 is 2.26 bits per heavy atom. The van der Waals surface area contributed by atoms with Crippen LogP contribution in [0.1, 0.15) is 41.3 Å². The zero-order valence-electron chi connectivity index (χ0n) is 11.5. The minimum atomic E-state index is 0.115. The summed E-state index contributed by atoms with van der Waals surface area (Å²) in [6, 6.07) is 0. The highest BCUT2D eigenvalue weighted by Crippen LogP contribution is 2.27. The van der Waals surface area contributed by atoms with Gasteiger partial charge in [-0.3, -0.25) is 4.79 Å². The third kappa shape index (κ3) is 4.58. The van der Waals surface area contributed by atoms with Gasteiger partial charge in [0.25, 0.3) is 0 Å². The second kappa shape index (κ2) is 7.60. The third-order valence-corrected chi connectivity index (χ3v) is 4.52. The molecule has 5 heteroatoms. The Labute approximate surface area is 118 Å². The van der Waals surface area contributed by atoms with Crippen LogP contribution in [0.3, 0.4) is 0 Å². The number of carbonyl (C=O) groups excluding carboxylic acids is 1. The predicted molar refractivity (Wildman–Crippen MR) is 76.6 cm³/mol. The van der Waals surface area contributed by atoms with E-state index in [0.29, 0.717) is 19.6 Å². The first-order valence-electron chi connectivity index (χ1n) is 7.02. The summed E-state index contributed by atoms with van der Waals surface area (Å²) in [5.41, 5.74) is 1.28. The van der Waals surface area contributed by atoms with Crippen molar-refractivity contribution in [1.29, 1.82) is 0 Å². The molecule has 0 saturated heterocycles. The van der Waals surface area contributed by atoms with Crippen LogP contribution in [0.25, 0.3) is 0 Å². The van der Waals surface area contributed by atoms with E-state index in [2.05, 4.69) is 10.3 Å². The first-order valence-corrected chi connectivity index (χ1v) is 7.84. The van der Waals surface area contributed by atoms with Gasteiger partial charge in [0.1, 0.15) is 0 Å². The quantitative estimate of drug-likeness (QED) is 0.779. The normalized spacial score (nSPS) is 14.2. The average Bonchev–Trinajstić information content (AvgIpc) is 2.84. The number of hydrogen-bond acceptors (Lipinski definition) is 4. The van der Waals surface area contributed by atoms with Gasteiger partial charge < -0.3 is 10.1 Å². The number of amides is 1. The number of fused-ring (bicyclic) bond motifs is 1. The maximum Gasteiger partial charge on any atom is 0.220 e. The van der Waals surface area contributed by atoms with Crippen LogP contribution in [0.5, 0.6) is 0 Å². The summed E-state index contributed by atoms with van der Waals surface area (Å²) in [6.45, 7) is 1.39. The molecule has 0 aromatic carbocycles. The molecule has 1 aliphatic carbocycles. The SMILES string of the molecule is COCCCNC(=O)CCc1nc2c(s1)CCCC2. The van der Waals surface area contributed by atoms with Gasteiger partial charge in [-0.25, -0.2) is 4.98 Å². The molecule has 1 amide bonds. The van der Waals surface area contributed by atoms with E-state index < -0.39 is 0 Å². The Kier molecular flexibility index (Phi) is 5.79. The summed E-state index contributed by atoms with van der Waals surface area (Å²) in [6.07, 6.45) is 7.02. The molecule has 0 atom stereocenters. The van der Waals surface area contributed by atoms with Crippen LogP contribution in [0, 0.1) is 0 Å². The van der Waals surface area contributed by atoms with Gasteiger partial charge in [0.15, 0.2) is 0 Å². The highest BCUT2D eigenvalue weighted by molar-refractivity contribution is 7.11. The Morgan fingerprint density at radius 3 is 3.05 bits per heavy atom. The molecule has 4 nitrogen and oxygen atoms in total. The molecular formula is C14H22N2O2S. The molecule has 106 valence electrons. The number of nitrogens with one attached hydrogen (secondary N) is 1. The van der Waals surface area contributed by atoms with Crippen LogP contribution < -0.4 is 5.32 Å².